The van der Waals surface area contributed by atoms with E-state index in [-0.39, 0.29) is 0 Å². The number of pyridine rings is 1. The maximum Gasteiger partial charge on any atom is 0.168 e. The first-order chi connectivity index (χ1) is 12.8. The van der Waals surface area contributed by atoms with Gasteiger partial charge in [-0.25, -0.2) is 0 Å². The van der Waals surface area contributed by atoms with Crippen molar-refractivity contribution in [3.8, 4) is 11.4 Å². The summed E-state index contributed by atoms with van der Waals surface area (Å²) in [5.41, 5.74) is 4.65. The van der Waals surface area contributed by atoms with Gasteiger partial charge in [-0.05, 0) is 30.7 Å². The molecule has 2 heterocycles. The highest BCUT2D eigenvalue weighted by Gasteiger charge is 2.13. The van der Waals surface area contributed by atoms with Crippen LogP contribution in [-0.2, 0) is 6.42 Å². The van der Waals surface area contributed by atoms with E-state index in [2.05, 4.69) is 83.2 Å². The summed E-state index contributed by atoms with van der Waals surface area (Å²) < 4.78 is 2.15. The molecule has 0 unspecified atom stereocenters. The smallest absolute Gasteiger partial charge is 0.168 e. The number of unbranched alkanes of at least 4 members (excludes halogenated alkanes) is 1. The van der Waals surface area contributed by atoms with Gasteiger partial charge < -0.3 is 0 Å². The summed E-state index contributed by atoms with van der Waals surface area (Å²) in [6.45, 7) is 8.33. The number of aryl methyl sites for hydroxylation is 2. The van der Waals surface area contributed by atoms with Gasteiger partial charge in [0.15, 0.2) is 11.5 Å². The number of aromatic nitrogens is 3. The first-order valence-corrected chi connectivity index (χ1v) is 9.60. The Hall–Kier alpha value is -2.68. The molecule has 2 aromatic carbocycles. The highest BCUT2D eigenvalue weighted by Crippen LogP contribution is 2.27. The topological polar surface area (TPSA) is 30.2 Å². The summed E-state index contributed by atoms with van der Waals surface area (Å²) >= 11 is 0. The van der Waals surface area contributed by atoms with Crippen LogP contribution in [0.4, 0.5) is 0 Å². The van der Waals surface area contributed by atoms with Crippen LogP contribution >= 0.6 is 0 Å². The summed E-state index contributed by atoms with van der Waals surface area (Å²) in [5, 5.41) is 11.4. The van der Waals surface area contributed by atoms with Crippen molar-refractivity contribution in [2.45, 2.75) is 47.0 Å². The zero-order valence-electron chi connectivity index (χ0n) is 16.2. The van der Waals surface area contributed by atoms with E-state index in [1.54, 1.807) is 0 Å². The largest absolute Gasteiger partial charge is 0.282 e. The standard InChI is InChI=1S/C21H21N3.C2H6/c1-3-4-7-17-14-24-20(16-12-10-15(2)11-13-16)22-23-21(24)19-9-6-5-8-18(17)19;1-2/h5-6,8-14H,3-4,7H2,1-2H3;1-2H3. The Kier molecular flexibility index (Phi) is 5.67. The van der Waals surface area contributed by atoms with Crippen LogP contribution < -0.4 is 0 Å². The van der Waals surface area contributed by atoms with Crippen LogP contribution in [0, 0.1) is 6.92 Å². The molecule has 0 aliphatic rings. The summed E-state index contributed by atoms with van der Waals surface area (Å²) in [4.78, 5) is 0. The fraction of sp³-hybridized carbons (Fsp3) is 0.304. The zero-order valence-corrected chi connectivity index (χ0v) is 16.2. The normalized spacial score (nSPS) is 10.8. The summed E-state index contributed by atoms with van der Waals surface area (Å²) in [5.74, 6) is 0.911. The first-order valence-electron chi connectivity index (χ1n) is 9.60. The van der Waals surface area contributed by atoms with Crippen molar-refractivity contribution in [2.24, 2.45) is 0 Å². The van der Waals surface area contributed by atoms with Gasteiger partial charge in [0.1, 0.15) is 0 Å². The molecule has 0 aliphatic carbocycles. The summed E-state index contributed by atoms with van der Waals surface area (Å²) in [6, 6.07) is 17.0. The Labute approximate surface area is 155 Å². The van der Waals surface area contributed by atoms with Crippen LogP contribution in [-0.4, -0.2) is 14.6 Å². The SMILES string of the molecule is CC.CCCCc1cn2c(-c3ccc(C)cc3)nnc2c2ccccc12. The predicted octanol–water partition coefficient (Wildman–Crippen LogP) is 6.23. The van der Waals surface area contributed by atoms with Crippen molar-refractivity contribution >= 4 is 16.4 Å². The third kappa shape index (κ3) is 3.34. The lowest BCUT2D eigenvalue weighted by Crippen LogP contribution is -1.96. The van der Waals surface area contributed by atoms with Crippen molar-refractivity contribution in [3.05, 3.63) is 65.9 Å². The molecule has 0 aliphatic heterocycles. The van der Waals surface area contributed by atoms with Gasteiger partial charge in [0, 0.05) is 17.1 Å². The van der Waals surface area contributed by atoms with Gasteiger partial charge in [0.2, 0.25) is 0 Å². The molecule has 0 bridgehead atoms. The zero-order chi connectivity index (χ0) is 18.5. The molecule has 134 valence electrons. The number of fused-ring (bicyclic) bond motifs is 3. The van der Waals surface area contributed by atoms with Crippen molar-refractivity contribution in [2.75, 3.05) is 0 Å². The minimum atomic E-state index is 0.911. The van der Waals surface area contributed by atoms with Gasteiger partial charge in [-0.3, -0.25) is 4.40 Å². The predicted molar refractivity (Wildman–Crippen MR) is 111 cm³/mol. The second-order valence-electron chi connectivity index (χ2n) is 6.39. The quantitative estimate of drug-likeness (QED) is 0.439. The van der Waals surface area contributed by atoms with Crippen molar-refractivity contribution in [3.63, 3.8) is 0 Å². The van der Waals surface area contributed by atoms with E-state index in [9.17, 15) is 0 Å². The molecule has 0 saturated carbocycles. The summed E-state index contributed by atoms with van der Waals surface area (Å²) in [6.07, 6.45) is 5.69. The molecular formula is C23H27N3. The third-order valence-corrected chi connectivity index (χ3v) is 4.60. The van der Waals surface area contributed by atoms with Crippen LogP contribution in [0.2, 0.25) is 0 Å². The number of nitrogens with zero attached hydrogens (tertiary/aromatic N) is 3. The fourth-order valence-corrected chi connectivity index (χ4v) is 3.25. The van der Waals surface area contributed by atoms with Gasteiger partial charge >= 0.3 is 0 Å². The van der Waals surface area contributed by atoms with Crippen LogP contribution in [0.25, 0.3) is 27.8 Å². The van der Waals surface area contributed by atoms with E-state index in [0.29, 0.717) is 0 Å². The molecule has 0 radical (unpaired) electrons. The first kappa shape index (κ1) is 18.1. The van der Waals surface area contributed by atoms with Gasteiger partial charge in [0.05, 0.1) is 0 Å². The Morgan fingerprint density at radius 3 is 2.27 bits per heavy atom. The Balaban J connectivity index is 0.000000948. The van der Waals surface area contributed by atoms with E-state index in [1.807, 2.05) is 13.8 Å². The van der Waals surface area contributed by atoms with Crippen LogP contribution in [0.1, 0.15) is 44.7 Å². The lowest BCUT2D eigenvalue weighted by molar-refractivity contribution is 0.795. The van der Waals surface area contributed by atoms with Gasteiger partial charge in [-0.1, -0.05) is 81.3 Å². The minimum absolute atomic E-state index is 0.911. The molecule has 4 aromatic rings. The number of benzene rings is 2. The highest BCUT2D eigenvalue weighted by molar-refractivity contribution is 5.96. The van der Waals surface area contributed by atoms with Gasteiger partial charge in [0.25, 0.3) is 0 Å². The number of hydrogen-bond acceptors (Lipinski definition) is 2. The van der Waals surface area contributed by atoms with E-state index in [4.69, 9.17) is 0 Å². The molecule has 0 amide bonds. The van der Waals surface area contributed by atoms with Crippen molar-refractivity contribution < 1.29 is 0 Å². The number of rotatable bonds is 4. The molecule has 4 rings (SSSR count). The van der Waals surface area contributed by atoms with E-state index in [1.165, 1.54) is 34.7 Å². The van der Waals surface area contributed by atoms with Crippen molar-refractivity contribution in [1.82, 2.24) is 14.6 Å². The van der Waals surface area contributed by atoms with Crippen LogP contribution in [0.15, 0.2) is 54.7 Å². The average molecular weight is 345 g/mol. The second kappa shape index (κ2) is 8.13. The molecule has 0 saturated heterocycles. The van der Waals surface area contributed by atoms with Gasteiger partial charge in [-0.15, -0.1) is 10.2 Å². The maximum absolute atomic E-state index is 4.48. The van der Waals surface area contributed by atoms with E-state index in [0.717, 1.165) is 23.5 Å². The highest BCUT2D eigenvalue weighted by atomic mass is 15.2. The molecule has 0 fully saturated rings. The molecular weight excluding hydrogens is 318 g/mol. The Morgan fingerprint density at radius 1 is 0.885 bits per heavy atom. The minimum Gasteiger partial charge on any atom is -0.282 e. The lowest BCUT2D eigenvalue weighted by Gasteiger charge is -2.09. The fourth-order valence-electron chi connectivity index (χ4n) is 3.25. The van der Waals surface area contributed by atoms with E-state index < -0.39 is 0 Å². The maximum atomic E-state index is 4.48. The molecule has 0 spiro atoms. The lowest BCUT2D eigenvalue weighted by atomic mass is 10.0. The van der Waals surface area contributed by atoms with Crippen LogP contribution in [0.5, 0.6) is 0 Å². The van der Waals surface area contributed by atoms with Crippen molar-refractivity contribution in [1.29, 1.82) is 0 Å². The Bertz CT molecular complexity index is 997. The molecule has 0 N–H and O–H groups in total. The molecule has 2 aromatic heterocycles. The van der Waals surface area contributed by atoms with Crippen LogP contribution in [0.3, 0.4) is 0 Å². The monoisotopic (exact) mass is 345 g/mol. The third-order valence-electron chi connectivity index (χ3n) is 4.60. The van der Waals surface area contributed by atoms with E-state index >= 15 is 0 Å². The van der Waals surface area contributed by atoms with Gasteiger partial charge in [-0.2, -0.15) is 0 Å². The second-order valence-corrected chi connectivity index (χ2v) is 6.39. The number of hydrogen-bond donors (Lipinski definition) is 0. The molecule has 3 nitrogen and oxygen atoms in total. The summed E-state index contributed by atoms with van der Waals surface area (Å²) in [7, 11) is 0. The molecule has 0 atom stereocenters. The molecule has 26 heavy (non-hydrogen) atoms. The Morgan fingerprint density at radius 2 is 1.58 bits per heavy atom. The average Bonchev–Trinajstić information content (AvgIpc) is 3.12. The molecule has 3 heteroatoms.